The van der Waals surface area contributed by atoms with Crippen LogP contribution in [-0.4, -0.2) is 18.6 Å². The zero-order valence-electron chi connectivity index (χ0n) is 13.3. The Morgan fingerprint density at radius 2 is 2.12 bits per heavy atom. The van der Waals surface area contributed by atoms with Gasteiger partial charge in [0.1, 0.15) is 11.8 Å². The summed E-state index contributed by atoms with van der Waals surface area (Å²) in [5.74, 6) is 0.347. The Kier molecular flexibility index (Phi) is 4.86. The van der Waals surface area contributed by atoms with Crippen LogP contribution in [0.3, 0.4) is 0 Å². The number of halogens is 1. The first-order valence-electron chi connectivity index (χ1n) is 7.85. The smallest absolute Gasteiger partial charge is 0.267 e. The fourth-order valence-corrected chi connectivity index (χ4v) is 3.33. The highest BCUT2D eigenvalue weighted by Crippen LogP contribution is 2.30. The van der Waals surface area contributed by atoms with Gasteiger partial charge in [0, 0.05) is 16.7 Å². The average Bonchev–Trinajstić information content (AvgIpc) is 2.60. The number of benzene rings is 2. The summed E-state index contributed by atoms with van der Waals surface area (Å²) in [5, 5.41) is 9.15. The molecular weight excluding hydrogens is 368 g/mol. The van der Waals surface area contributed by atoms with E-state index in [0.29, 0.717) is 17.9 Å². The van der Waals surface area contributed by atoms with E-state index in [9.17, 15) is 4.79 Å². The van der Waals surface area contributed by atoms with Gasteiger partial charge in [0.05, 0.1) is 5.56 Å². The lowest BCUT2D eigenvalue weighted by atomic mass is 10.0. The van der Waals surface area contributed by atoms with E-state index < -0.39 is 6.10 Å². The minimum Gasteiger partial charge on any atom is -0.479 e. The van der Waals surface area contributed by atoms with Gasteiger partial charge in [0.2, 0.25) is 0 Å². The van der Waals surface area contributed by atoms with Crippen LogP contribution >= 0.6 is 15.9 Å². The number of carbonyl (C=O) groups is 1. The van der Waals surface area contributed by atoms with Crippen molar-refractivity contribution in [3.05, 3.63) is 58.1 Å². The van der Waals surface area contributed by atoms with Gasteiger partial charge in [-0.2, -0.15) is 5.26 Å². The molecule has 24 heavy (non-hydrogen) atoms. The second-order valence-electron chi connectivity index (χ2n) is 5.73. The maximum atomic E-state index is 12.9. The number of hydrogen-bond donors (Lipinski definition) is 0. The summed E-state index contributed by atoms with van der Waals surface area (Å²) in [5.41, 5.74) is 2.53. The van der Waals surface area contributed by atoms with E-state index in [1.165, 1.54) is 0 Å². The molecule has 1 heterocycles. The third kappa shape index (κ3) is 3.29. The Bertz CT molecular complexity index is 813. The fourth-order valence-electron chi connectivity index (χ4n) is 2.92. The number of aryl methyl sites for hydroxylation is 1. The first-order valence-corrected chi connectivity index (χ1v) is 8.65. The third-order valence-electron chi connectivity index (χ3n) is 4.09. The lowest BCUT2D eigenvalue weighted by Crippen LogP contribution is -2.43. The first kappa shape index (κ1) is 16.5. The average molecular weight is 385 g/mol. The summed E-state index contributed by atoms with van der Waals surface area (Å²) in [6.07, 6.45) is 1.23. The van der Waals surface area contributed by atoms with Crippen LogP contribution in [-0.2, 0) is 11.2 Å². The molecule has 0 saturated carbocycles. The van der Waals surface area contributed by atoms with Crippen LogP contribution in [0.2, 0.25) is 0 Å². The van der Waals surface area contributed by atoms with Gasteiger partial charge >= 0.3 is 0 Å². The van der Waals surface area contributed by atoms with Gasteiger partial charge in [-0.1, -0.05) is 28.1 Å². The topological polar surface area (TPSA) is 53.3 Å². The van der Waals surface area contributed by atoms with Crippen molar-refractivity contribution in [2.24, 2.45) is 0 Å². The summed E-state index contributed by atoms with van der Waals surface area (Å²) in [6.45, 7) is 2.41. The summed E-state index contributed by atoms with van der Waals surface area (Å²) in [6, 6.07) is 15.0. The first-order chi connectivity index (χ1) is 11.6. The molecule has 0 fully saturated rings. The highest BCUT2D eigenvalue weighted by Gasteiger charge is 2.27. The molecule has 0 saturated heterocycles. The van der Waals surface area contributed by atoms with Crippen LogP contribution in [0.25, 0.3) is 0 Å². The van der Waals surface area contributed by atoms with E-state index in [1.807, 2.05) is 12.1 Å². The minimum atomic E-state index is -0.658. The maximum absolute atomic E-state index is 12.9. The van der Waals surface area contributed by atoms with Crippen molar-refractivity contribution < 1.29 is 9.53 Å². The SMILES string of the molecule is CC(Oc1ccccc1C#N)C(=O)N1CCCc2cc(Br)ccc21. The molecule has 122 valence electrons. The Hall–Kier alpha value is -2.32. The second kappa shape index (κ2) is 7.06. The van der Waals surface area contributed by atoms with Crippen molar-refractivity contribution in [3.8, 4) is 11.8 Å². The molecule has 0 radical (unpaired) electrons. The molecule has 0 bridgehead atoms. The number of amides is 1. The van der Waals surface area contributed by atoms with Crippen LogP contribution in [0.4, 0.5) is 5.69 Å². The molecule has 1 unspecified atom stereocenters. The quantitative estimate of drug-likeness (QED) is 0.801. The molecule has 1 aliphatic heterocycles. The number of rotatable bonds is 3. The van der Waals surface area contributed by atoms with Gasteiger partial charge in [0.25, 0.3) is 5.91 Å². The molecule has 1 amide bonds. The predicted octanol–water partition coefficient (Wildman–Crippen LogP) is 4.07. The number of carbonyl (C=O) groups excluding carboxylic acids is 1. The highest BCUT2D eigenvalue weighted by molar-refractivity contribution is 9.10. The van der Waals surface area contributed by atoms with E-state index >= 15 is 0 Å². The van der Waals surface area contributed by atoms with Crippen molar-refractivity contribution in [2.75, 3.05) is 11.4 Å². The van der Waals surface area contributed by atoms with Crippen molar-refractivity contribution in [3.63, 3.8) is 0 Å². The van der Waals surface area contributed by atoms with Crippen LogP contribution < -0.4 is 9.64 Å². The molecule has 0 aromatic heterocycles. The molecule has 1 atom stereocenters. The maximum Gasteiger partial charge on any atom is 0.267 e. The van der Waals surface area contributed by atoms with Gasteiger partial charge in [-0.05, 0) is 55.7 Å². The van der Waals surface area contributed by atoms with Crippen LogP contribution in [0.5, 0.6) is 5.75 Å². The molecule has 0 spiro atoms. The molecule has 1 aliphatic rings. The van der Waals surface area contributed by atoms with Gasteiger partial charge in [-0.25, -0.2) is 0 Å². The molecule has 4 nitrogen and oxygen atoms in total. The highest BCUT2D eigenvalue weighted by atomic mass is 79.9. The largest absolute Gasteiger partial charge is 0.479 e. The third-order valence-corrected chi connectivity index (χ3v) is 4.58. The van der Waals surface area contributed by atoms with Crippen molar-refractivity contribution >= 4 is 27.5 Å². The number of para-hydroxylation sites is 1. The summed E-state index contributed by atoms with van der Waals surface area (Å²) in [4.78, 5) is 14.6. The standard InChI is InChI=1S/C19H17BrN2O2/c1-13(24-18-7-3-2-5-15(18)12-21)19(23)22-10-4-6-14-11-16(20)8-9-17(14)22/h2-3,5,7-9,11,13H,4,6,10H2,1H3. The molecular formula is C19H17BrN2O2. The Labute approximate surface area is 149 Å². The van der Waals surface area contributed by atoms with E-state index in [1.54, 1.807) is 36.1 Å². The van der Waals surface area contributed by atoms with Gasteiger partial charge in [0.15, 0.2) is 6.10 Å². The molecule has 2 aromatic carbocycles. The summed E-state index contributed by atoms with van der Waals surface area (Å²) >= 11 is 3.48. The predicted molar refractivity (Wildman–Crippen MR) is 96.1 cm³/mol. The normalized spacial score (nSPS) is 14.5. The number of fused-ring (bicyclic) bond motifs is 1. The molecule has 3 rings (SSSR count). The lowest BCUT2D eigenvalue weighted by molar-refractivity contribution is -0.124. The Morgan fingerprint density at radius 1 is 1.33 bits per heavy atom. The van der Waals surface area contributed by atoms with E-state index in [4.69, 9.17) is 10.00 Å². The van der Waals surface area contributed by atoms with Crippen LogP contribution in [0.1, 0.15) is 24.5 Å². The lowest BCUT2D eigenvalue weighted by Gasteiger charge is -2.31. The monoisotopic (exact) mass is 384 g/mol. The zero-order valence-corrected chi connectivity index (χ0v) is 14.9. The number of hydrogen-bond acceptors (Lipinski definition) is 3. The fraction of sp³-hybridized carbons (Fsp3) is 0.263. The molecule has 0 N–H and O–H groups in total. The Balaban J connectivity index is 1.81. The van der Waals surface area contributed by atoms with Crippen molar-refractivity contribution in [2.45, 2.75) is 25.9 Å². The zero-order chi connectivity index (χ0) is 17.1. The van der Waals surface area contributed by atoms with Gasteiger partial charge in [-0.15, -0.1) is 0 Å². The number of nitrogens with zero attached hydrogens (tertiary/aromatic N) is 2. The summed E-state index contributed by atoms with van der Waals surface area (Å²) in [7, 11) is 0. The molecule has 5 heteroatoms. The van der Waals surface area contributed by atoms with Crippen molar-refractivity contribution in [1.29, 1.82) is 5.26 Å². The second-order valence-corrected chi connectivity index (χ2v) is 6.65. The van der Waals surface area contributed by atoms with Crippen LogP contribution in [0, 0.1) is 11.3 Å². The number of ether oxygens (including phenoxy) is 1. The number of nitriles is 1. The van der Waals surface area contributed by atoms with E-state index in [-0.39, 0.29) is 5.91 Å². The van der Waals surface area contributed by atoms with Crippen LogP contribution in [0.15, 0.2) is 46.9 Å². The molecule has 2 aromatic rings. The van der Waals surface area contributed by atoms with Gasteiger partial charge in [-0.3, -0.25) is 4.79 Å². The van der Waals surface area contributed by atoms with E-state index in [2.05, 4.69) is 28.1 Å². The number of anilines is 1. The Morgan fingerprint density at radius 3 is 2.92 bits per heavy atom. The summed E-state index contributed by atoms with van der Waals surface area (Å²) < 4.78 is 6.78. The minimum absolute atomic E-state index is 0.0917. The van der Waals surface area contributed by atoms with Gasteiger partial charge < -0.3 is 9.64 Å². The molecule has 0 aliphatic carbocycles. The van der Waals surface area contributed by atoms with E-state index in [0.717, 1.165) is 28.6 Å². The van der Waals surface area contributed by atoms with Crippen molar-refractivity contribution in [1.82, 2.24) is 0 Å².